The van der Waals surface area contributed by atoms with Crippen molar-refractivity contribution in [1.82, 2.24) is 10.2 Å². The first-order valence-electron chi connectivity index (χ1n) is 13.9. The highest BCUT2D eigenvalue weighted by Gasteiger charge is 2.35. The summed E-state index contributed by atoms with van der Waals surface area (Å²) in [6, 6.07) is 25.2. The van der Waals surface area contributed by atoms with E-state index in [9.17, 15) is 28.1 Å². The van der Waals surface area contributed by atoms with Crippen LogP contribution in [-0.2, 0) is 32.6 Å². The number of carbonyl (C=O) groups is 2. The molecule has 1 N–H and O–H groups in total. The number of nitro groups is 1. The van der Waals surface area contributed by atoms with Crippen molar-refractivity contribution >= 4 is 56.4 Å². The van der Waals surface area contributed by atoms with Gasteiger partial charge in [0.05, 0.1) is 15.5 Å². The van der Waals surface area contributed by atoms with Crippen LogP contribution in [0.3, 0.4) is 0 Å². The van der Waals surface area contributed by atoms with Crippen molar-refractivity contribution in [2.24, 2.45) is 0 Å². The number of likely N-dealkylation sites (N-methyl/N-ethyl adjacent to an activating group) is 1. The molecule has 10 nitrogen and oxygen atoms in total. The standard InChI is InChI=1S/C32H30Cl2N4O6S/c1-2-35-32(40)30(19-23-11-5-3-6-12-23)36(21-27-28(33)17-10-18-29(27)34)31(39)22-37(24-13-9-14-25(20-24)38(41)42)45(43,44)26-15-7-4-8-16-26/h3-18,20,30H,2,19,21-22H2,1H3,(H,35,40). The number of amides is 2. The molecule has 1 unspecified atom stereocenters. The van der Waals surface area contributed by atoms with E-state index in [-0.39, 0.29) is 45.8 Å². The van der Waals surface area contributed by atoms with Gasteiger partial charge >= 0.3 is 0 Å². The van der Waals surface area contributed by atoms with E-state index in [1.165, 1.54) is 47.4 Å². The number of benzene rings is 4. The van der Waals surface area contributed by atoms with E-state index in [1.54, 1.807) is 43.3 Å². The molecule has 0 saturated heterocycles. The fourth-order valence-corrected chi connectivity index (χ4v) is 6.65. The van der Waals surface area contributed by atoms with E-state index >= 15 is 0 Å². The van der Waals surface area contributed by atoms with Gasteiger partial charge in [0.1, 0.15) is 12.6 Å². The minimum absolute atomic E-state index is 0.0999. The third-order valence-corrected chi connectivity index (χ3v) is 9.45. The molecule has 0 radical (unpaired) electrons. The number of rotatable bonds is 13. The lowest BCUT2D eigenvalue weighted by atomic mass is 10.0. The third-order valence-electron chi connectivity index (χ3n) is 6.95. The molecule has 0 aliphatic carbocycles. The van der Waals surface area contributed by atoms with Gasteiger partial charge in [-0.15, -0.1) is 0 Å². The number of nitrogens with one attached hydrogen (secondary N) is 1. The Labute approximate surface area is 271 Å². The molecule has 0 fully saturated rings. The summed E-state index contributed by atoms with van der Waals surface area (Å²) in [7, 11) is -4.42. The Morgan fingerprint density at radius 1 is 0.889 bits per heavy atom. The summed E-state index contributed by atoms with van der Waals surface area (Å²) in [5.74, 6) is -1.23. The van der Waals surface area contributed by atoms with E-state index < -0.39 is 39.3 Å². The van der Waals surface area contributed by atoms with Crippen molar-refractivity contribution in [3.63, 3.8) is 0 Å². The van der Waals surface area contributed by atoms with Gasteiger partial charge in [-0.05, 0) is 42.8 Å². The first-order valence-corrected chi connectivity index (χ1v) is 16.1. The van der Waals surface area contributed by atoms with Crippen molar-refractivity contribution in [2.45, 2.75) is 30.8 Å². The summed E-state index contributed by atoms with van der Waals surface area (Å²) in [5.41, 5.74) is 0.653. The maximum atomic E-state index is 14.4. The Morgan fingerprint density at radius 2 is 1.49 bits per heavy atom. The third kappa shape index (κ3) is 8.18. The van der Waals surface area contributed by atoms with Crippen LogP contribution in [0.5, 0.6) is 0 Å². The average molecular weight is 670 g/mol. The number of hydrogen-bond acceptors (Lipinski definition) is 6. The lowest BCUT2D eigenvalue weighted by Gasteiger charge is -2.34. The smallest absolute Gasteiger partial charge is 0.271 e. The van der Waals surface area contributed by atoms with Crippen LogP contribution in [0, 0.1) is 10.1 Å². The van der Waals surface area contributed by atoms with E-state index in [4.69, 9.17) is 23.2 Å². The van der Waals surface area contributed by atoms with Gasteiger partial charge in [-0.3, -0.25) is 24.0 Å². The van der Waals surface area contributed by atoms with E-state index in [2.05, 4.69) is 5.32 Å². The van der Waals surface area contributed by atoms with Crippen LogP contribution in [0.15, 0.2) is 108 Å². The number of non-ortho nitro benzene ring substituents is 1. The fraction of sp³-hybridized carbons (Fsp3) is 0.188. The van der Waals surface area contributed by atoms with Crippen LogP contribution in [-0.4, -0.2) is 49.2 Å². The zero-order valence-corrected chi connectivity index (χ0v) is 26.5. The second-order valence-electron chi connectivity index (χ2n) is 9.92. The van der Waals surface area contributed by atoms with Crippen LogP contribution in [0.4, 0.5) is 11.4 Å². The molecule has 0 saturated carbocycles. The summed E-state index contributed by atoms with van der Waals surface area (Å²) in [6.45, 7) is 1.01. The topological polar surface area (TPSA) is 130 Å². The Hall–Kier alpha value is -4.45. The highest BCUT2D eigenvalue weighted by Crippen LogP contribution is 2.30. The monoisotopic (exact) mass is 668 g/mol. The molecule has 0 heterocycles. The maximum absolute atomic E-state index is 14.4. The lowest BCUT2D eigenvalue weighted by Crippen LogP contribution is -2.53. The molecule has 45 heavy (non-hydrogen) atoms. The zero-order valence-electron chi connectivity index (χ0n) is 24.2. The molecule has 0 aliphatic heterocycles. The predicted molar refractivity (Wildman–Crippen MR) is 174 cm³/mol. The molecule has 0 spiro atoms. The summed E-state index contributed by atoms with van der Waals surface area (Å²) >= 11 is 13.0. The molecule has 4 aromatic rings. The van der Waals surface area contributed by atoms with Gasteiger partial charge < -0.3 is 10.2 Å². The number of halogens is 2. The highest BCUT2D eigenvalue weighted by molar-refractivity contribution is 7.92. The molecular weight excluding hydrogens is 639 g/mol. The van der Waals surface area contributed by atoms with E-state index in [0.29, 0.717) is 5.56 Å². The molecular formula is C32H30Cl2N4O6S. The van der Waals surface area contributed by atoms with Gasteiger partial charge in [0.15, 0.2) is 0 Å². The predicted octanol–water partition coefficient (Wildman–Crippen LogP) is 5.87. The van der Waals surface area contributed by atoms with Crippen molar-refractivity contribution in [3.8, 4) is 0 Å². The number of carbonyl (C=O) groups excluding carboxylic acids is 2. The highest BCUT2D eigenvalue weighted by atomic mass is 35.5. The Balaban J connectivity index is 1.85. The quantitative estimate of drug-likeness (QED) is 0.140. The Bertz CT molecular complexity index is 1750. The Morgan fingerprint density at radius 3 is 2.09 bits per heavy atom. The SMILES string of the molecule is CCNC(=O)C(Cc1ccccc1)N(Cc1c(Cl)cccc1Cl)C(=O)CN(c1cccc([N+](=O)[O-])c1)S(=O)(=O)c1ccccc1. The molecule has 234 valence electrons. The van der Waals surface area contributed by atoms with Crippen molar-refractivity contribution in [1.29, 1.82) is 0 Å². The number of sulfonamides is 1. The molecule has 13 heteroatoms. The number of nitrogens with zero attached hydrogens (tertiary/aromatic N) is 3. The zero-order chi connectivity index (χ0) is 32.6. The van der Waals surface area contributed by atoms with Gasteiger partial charge in [0.2, 0.25) is 11.8 Å². The summed E-state index contributed by atoms with van der Waals surface area (Å²) in [4.78, 5) is 40.0. The minimum atomic E-state index is -4.42. The van der Waals surface area contributed by atoms with Gasteiger partial charge in [-0.1, -0.05) is 83.9 Å². The molecule has 0 aliphatic rings. The van der Waals surface area contributed by atoms with Crippen LogP contribution in [0.2, 0.25) is 10.0 Å². The molecule has 4 rings (SSSR count). The van der Waals surface area contributed by atoms with Crippen molar-refractivity contribution < 1.29 is 22.9 Å². The lowest BCUT2D eigenvalue weighted by molar-refractivity contribution is -0.384. The fourth-order valence-electron chi connectivity index (χ4n) is 4.71. The second kappa shape index (κ2) is 15.0. The number of hydrogen-bond donors (Lipinski definition) is 1. The molecule has 0 bridgehead atoms. The van der Waals surface area contributed by atoms with Crippen molar-refractivity contribution in [3.05, 3.63) is 134 Å². The van der Waals surface area contributed by atoms with Gasteiger partial charge in [-0.2, -0.15) is 0 Å². The van der Waals surface area contributed by atoms with Gasteiger partial charge in [-0.25, -0.2) is 8.42 Å². The normalized spacial score (nSPS) is 11.8. The molecule has 2 amide bonds. The van der Waals surface area contributed by atoms with E-state index in [0.717, 1.165) is 15.9 Å². The van der Waals surface area contributed by atoms with Gasteiger partial charge in [0.25, 0.3) is 15.7 Å². The van der Waals surface area contributed by atoms with Crippen LogP contribution in [0.25, 0.3) is 0 Å². The van der Waals surface area contributed by atoms with E-state index in [1.807, 2.05) is 18.2 Å². The maximum Gasteiger partial charge on any atom is 0.271 e. The number of anilines is 1. The second-order valence-corrected chi connectivity index (χ2v) is 12.6. The van der Waals surface area contributed by atoms with Crippen molar-refractivity contribution in [2.75, 3.05) is 17.4 Å². The Kier molecular flexibility index (Phi) is 11.2. The summed E-state index contributed by atoms with van der Waals surface area (Å²) < 4.78 is 28.8. The number of nitro benzene ring substituents is 1. The van der Waals surface area contributed by atoms with Crippen LogP contribution in [0.1, 0.15) is 18.1 Å². The minimum Gasteiger partial charge on any atom is -0.355 e. The van der Waals surface area contributed by atoms with Crippen LogP contribution < -0.4 is 9.62 Å². The first kappa shape index (κ1) is 33.4. The summed E-state index contributed by atoms with van der Waals surface area (Å²) in [6.07, 6.45) is 0.0999. The van der Waals surface area contributed by atoms with Gasteiger partial charge in [0, 0.05) is 47.3 Å². The van der Waals surface area contributed by atoms with Crippen LogP contribution >= 0.6 is 23.2 Å². The molecule has 1 atom stereocenters. The molecule has 4 aromatic carbocycles. The summed E-state index contributed by atoms with van der Waals surface area (Å²) in [5, 5.41) is 14.9. The average Bonchev–Trinajstić information content (AvgIpc) is 3.03. The molecule has 0 aromatic heterocycles. The largest absolute Gasteiger partial charge is 0.355 e. The first-order chi connectivity index (χ1) is 21.5.